The van der Waals surface area contributed by atoms with Crippen LogP contribution in [0.4, 0.5) is 0 Å². The van der Waals surface area contributed by atoms with Crippen LogP contribution in [-0.2, 0) is 17.8 Å². The fraction of sp³-hybridized carbons (Fsp3) is 0.182. The van der Waals surface area contributed by atoms with Crippen LogP contribution in [0.25, 0.3) is 10.8 Å². The van der Waals surface area contributed by atoms with Gasteiger partial charge < -0.3 is 4.90 Å². The highest BCUT2D eigenvalue weighted by Crippen LogP contribution is 2.20. The summed E-state index contributed by atoms with van der Waals surface area (Å²) in [6.07, 6.45) is 1.15. The first-order valence-electron chi connectivity index (χ1n) is 8.37. The minimum absolute atomic E-state index is 0.122. The molecule has 124 valence electrons. The zero-order valence-electron chi connectivity index (χ0n) is 14.3. The van der Waals surface area contributed by atoms with Crippen LogP contribution < -0.4 is 0 Å². The lowest BCUT2D eigenvalue weighted by Gasteiger charge is -2.18. The summed E-state index contributed by atoms with van der Waals surface area (Å²) in [5.41, 5.74) is 2.88. The van der Waals surface area contributed by atoms with Gasteiger partial charge in [-0.2, -0.15) is 5.26 Å². The maximum absolute atomic E-state index is 12.5. The van der Waals surface area contributed by atoms with E-state index in [9.17, 15) is 4.79 Å². The summed E-state index contributed by atoms with van der Waals surface area (Å²) in [4.78, 5) is 14.2. The van der Waals surface area contributed by atoms with E-state index in [-0.39, 0.29) is 5.91 Å². The molecule has 3 rings (SSSR count). The maximum atomic E-state index is 12.5. The molecular formula is C22H20N2O. The molecule has 0 saturated carbocycles. The number of nitriles is 1. The summed E-state index contributed by atoms with van der Waals surface area (Å²) in [6, 6.07) is 24.0. The van der Waals surface area contributed by atoms with Gasteiger partial charge in [0.05, 0.1) is 11.6 Å². The smallest absolute Gasteiger partial charge is 0.222 e. The van der Waals surface area contributed by atoms with Crippen molar-refractivity contribution in [2.45, 2.75) is 19.4 Å². The molecule has 0 aliphatic heterocycles. The predicted molar refractivity (Wildman–Crippen MR) is 99.9 cm³/mol. The quantitative estimate of drug-likeness (QED) is 0.701. The Balaban J connectivity index is 1.63. The second kappa shape index (κ2) is 7.63. The van der Waals surface area contributed by atoms with E-state index in [0.29, 0.717) is 24.9 Å². The molecule has 0 aliphatic rings. The summed E-state index contributed by atoms with van der Waals surface area (Å²) < 4.78 is 0. The Hall–Kier alpha value is -3.12. The van der Waals surface area contributed by atoms with Crippen molar-refractivity contribution >= 4 is 16.7 Å². The summed E-state index contributed by atoms with van der Waals surface area (Å²) in [6.45, 7) is 0.605. The van der Waals surface area contributed by atoms with Gasteiger partial charge in [0.2, 0.25) is 5.91 Å². The van der Waals surface area contributed by atoms with E-state index in [0.717, 1.165) is 11.1 Å². The van der Waals surface area contributed by atoms with Gasteiger partial charge in [-0.3, -0.25) is 4.79 Å². The molecule has 0 N–H and O–H groups in total. The van der Waals surface area contributed by atoms with Crippen LogP contribution in [0.5, 0.6) is 0 Å². The Morgan fingerprint density at radius 3 is 2.48 bits per heavy atom. The van der Waals surface area contributed by atoms with Crippen molar-refractivity contribution in [1.29, 1.82) is 5.26 Å². The second-order valence-corrected chi connectivity index (χ2v) is 6.20. The molecule has 3 nitrogen and oxygen atoms in total. The largest absolute Gasteiger partial charge is 0.341 e. The molecular weight excluding hydrogens is 308 g/mol. The van der Waals surface area contributed by atoms with Gasteiger partial charge in [-0.25, -0.2) is 0 Å². The van der Waals surface area contributed by atoms with Gasteiger partial charge in [0.1, 0.15) is 0 Å². The van der Waals surface area contributed by atoms with Crippen LogP contribution in [0.3, 0.4) is 0 Å². The van der Waals surface area contributed by atoms with Crippen LogP contribution in [0.1, 0.15) is 23.1 Å². The lowest BCUT2D eigenvalue weighted by molar-refractivity contribution is -0.130. The fourth-order valence-electron chi connectivity index (χ4n) is 2.96. The third-order valence-corrected chi connectivity index (χ3v) is 4.42. The van der Waals surface area contributed by atoms with Crippen molar-refractivity contribution in [2.24, 2.45) is 0 Å². The van der Waals surface area contributed by atoms with Crippen molar-refractivity contribution in [2.75, 3.05) is 7.05 Å². The predicted octanol–water partition coefficient (Wildman–Crippen LogP) is 4.30. The van der Waals surface area contributed by atoms with Crippen LogP contribution in [0.15, 0.2) is 66.7 Å². The maximum Gasteiger partial charge on any atom is 0.222 e. The van der Waals surface area contributed by atoms with Gasteiger partial charge in [0, 0.05) is 20.0 Å². The zero-order chi connectivity index (χ0) is 17.6. The highest BCUT2D eigenvalue weighted by atomic mass is 16.2. The third kappa shape index (κ3) is 4.05. The van der Waals surface area contributed by atoms with Crippen LogP contribution in [-0.4, -0.2) is 17.9 Å². The molecule has 0 spiro atoms. The van der Waals surface area contributed by atoms with E-state index in [1.54, 1.807) is 17.0 Å². The first kappa shape index (κ1) is 16.7. The normalized spacial score (nSPS) is 10.4. The summed E-state index contributed by atoms with van der Waals surface area (Å²) in [7, 11) is 1.85. The Labute approximate surface area is 148 Å². The first-order valence-corrected chi connectivity index (χ1v) is 8.37. The molecule has 0 radical (unpaired) electrons. The summed E-state index contributed by atoms with van der Waals surface area (Å²) in [5.74, 6) is 0.122. The molecule has 3 heteroatoms. The highest BCUT2D eigenvalue weighted by molar-refractivity contribution is 5.86. The van der Waals surface area contributed by atoms with Gasteiger partial charge in [-0.05, 0) is 40.5 Å². The van der Waals surface area contributed by atoms with E-state index < -0.39 is 0 Å². The van der Waals surface area contributed by atoms with Crippen LogP contribution in [0, 0.1) is 11.3 Å². The third-order valence-electron chi connectivity index (χ3n) is 4.42. The van der Waals surface area contributed by atoms with Crippen molar-refractivity contribution in [3.8, 4) is 6.07 Å². The number of nitrogens with zero attached hydrogens (tertiary/aromatic N) is 2. The van der Waals surface area contributed by atoms with Crippen molar-refractivity contribution in [3.05, 3.63) is 83.4 Å². The molecule has 0 fully saturated rings. The van der Waals surface area contributed by atoms with Crippen molar-refractivity contribution < 1.29 is 4.79 Å². The van der Waals surface area contributed by atoms with Gasteiger partial charge in [-0.1, -0.05) is 54.6 Å². The average Bonchev–Trinajstić information content (AvgIpc) is 2.66. The molecule has 0 atom stereocenters. The lowest BCUT2D eigenvalue weighted by atomic mass is 10.0. The molecule has 3 aromatic carbocycles. The lowest BCUT2D eigenvalue weighted by Crippen LogP contribution is -2.26. The Bertz CT molecular complexity index is 917. The number of hydrogen-bond acceptors (Lipinski definition) is 2. The molecule has 0 bridgehead atoms. The van der Waals surface area contributed by atoms with Crippen molar-refractivity contribution in [3.63, 3.8) is 0 Å². The number of fused-ring (bicyclic) bond motifs is 1. The van der Waals surface area contributed by atoms with Crippen molar-refractivity contribution in [1.82, 2.24) is 4.90 Å². The zero-order valence-corrected chi connectivity index (χ0v) is 14.3. The highest BCUT2D eigenvalue weighted by Gasteiger charge is 2.11. The number of rotatable bonds is 5. The van der Waals surface area contributed by atoms with Gasteiger partial charge in [0.15, 0.2) is 0 Å². The number of hydrogen-bond donors (Lipinski definition) is 0. The molecule has 25 heavy (non-hydrogen) atoms. The minimum Gasteiger partial charge on any atom is -0.341 e. The number of aryl methyl sites for hydroxylation is 1. The van der Waals surface area contributed by atoms with E-state index >= 15 is 0 Å². The monoisotopic (exact) mass is 328 g/mol. The average molecular weight is 328 g/mol. The molecule has 1 amide bonds. The summed E-state index contributed by atoms with van der Waals surface area (Å²) >= 11 is 0. The van der Waals surface area contributed by atoms with E-state index in [4.69, 9.17) is 5.26 Å². The van der Waals surface area contributed by atoms with E-state index in [1.165, 1.54) is 10.8 Å². The topological polar surface area (TPSA) is 44.1 Å². The first-order chi connectivity index (χ1) is 12.2. The SMILES string of the molecule is CN(Cc1cccc2ccccc12)C(=O)CCc1ccc(C#N)cc1. The summed E-state index contributed by atoms with van der Waals surface area (Å²) in [5, 5.41) is 11.2. The number of benzene rings is 3. The Kier molecular flexibility index (Phi) is 5.11. The minimum atomic E-state index is 0.122. The Morgan fingerprint density at radius 2 is 1.72 bits per heavy atom. The molecule has 0 unspecified atom stereocenters. The number of amides is 1. The number of carbonyl (C=O) groups excluding carboxylic acids is 1. The van der Waals surface area contributed by atoms with Crippen LogP contribution in [0.2, 0.25) is 0 Å². The van der Waals surface area contributed by atoms with E-state index in [1.807, 2.05) is 37.4 Å². The van der Waals surface area contributed by atoms with Gasteiger partial charge >= 0.3 is 0 Å². The fourth-order valence-corrected chi connectivity index (χ4v) is 2.96. The standard InChI is InChI=1S/C22H20N2O/c1-24(16-20-7-4-6-19-5-2-3-8-21(19)20)22(25)14-13-17-9-11-18(15-23)12-10-17/h2-12H,13-14,16H2,1H3. The molecule has 3 aromatic rings. The molecule has 0 aromatic heterocycles. The van der Waals surface area contributed by atoms with Crippen LogP contribution >= 0.6 is 0 Å². The van der Waals surface area contributed by atoms with Gasteiger partial charge in [0.25, 0.3) is 0 Å². The molecule has 0 heterocycles. The molecule has 0 aliphatic carbocycles. The second-order valence-electron chi connectivity index (χ2n) is 6.20. The van der Waals surface area contributed by atoms with Gasteiger partial charge in [-0.15, -0.1) is 0 Å². The number of carbonyl (C=O) groups is 1. The van der Waals surface area contributed by atoms with E-state index in [2.05, 4.69) is 30.3 Å². The Morgan fingerprint density at radius 1 is 1.00 bits per heavy atom. The molecule has 0 saturated heterocycles.